The SMILES string of the molecule is O=C(O)CC1CN(C(=O)N2CCNC(=O)C2)C1. The number of rotatable bonds is 2. The molecule has 7 heteroatoms. The Morgan fingerprint density at radius 2 is 2.06 bits per heavy atom. The van der Waals surface area contributed by atoms with Crippen molar-refractivity contribution in [3.8, 4) is 0 Å². The van der Waals surface area contributed by atoms with Gasteiger partial charge >= 0.3 is 12.0 Å². The molecule has 7 nitrogen and oxygen atoms in total. The van der Waals surface area contributed by atoms with Crippen molar-refractivity contribution in [2.75, 3.05) is 32.7 Å². The van der Waals surface area contributed by atoms with Gasteiger partial charge in [0.15, 0.2) is 0 Å². The number of hydrogen-bond acceptors (Lipinski definition) is 3. The molecule has 2 rings (SSSR count). The molecule has 0 atom stereocenters. The van der Waals surface area contributed by atoms with E-state index in [0.29, 0.717) is 26.2 Å². The number of amides is 3. The first-order valence-electron chi connectivity index (χ1n) is 5.58. The molecule has 0 aromatic rings. The topological polar surface area (TPSA) is 89.9 Å². The lowest BCUT2D eigenvalue weighted by Crippen LogP contribution is -2.59. The Kier molecular flexibility index (Phi) is 3.16. The van der Waals surface area contributed by atoms with Crippen molar-refractivity contribution in [1.82, 2.24) is 15.1 Å². The molecule has 2 N–H and O–H groups in total. The minimum Gasteiger partial charge on any atom is -0.481 e. The van der Waals surface area contributed by atoms with Crippen LogP contribution in [0.5, 0.6) is 0 Å². The molecule has 0 unspecified atom stereocenters. The second kappa shape index (κ2) is 4.60. The Labute approximate surface area is 98.4 Å². The number of hydrogen-bond donors (Lipinski definition) is 2. The van der Waals surface area contributed by atoms with E-state index in [9.17, 15) is 14.4 Å². The summed E-state index contributed by atoms with van der Waals surface area (Å²) in [4.78, 5) is 36.5. The maximum absolute atomic E-state index is 11.9. The van der Waals surface area contributed by atoms with Crippen molar-refractivity contribution >= 4 is 17.9 Å². The highest BCUT2D eigenvalue weighted by Crippen LogP contribution is 2.20. The van der Waals surface area contributed by atoms with E-state index in [1.54, 1.807) is 4.90 Å². The second-order valence-corrected chi connectivity index (χ2v) is 4.42. The van der Waals surface area contributed by atoms with Gasteiger partial charge in [-0.3, -0.25) is 9.59 Å². The van der Waals surface area contributed by atoms with Gasteiger partial charge in [-0.05, 0) is 0 Å². The molecule has 2 heterocycles. The zero-order valence-corrected chi connectivity index (χ0v) is 9.39. The van der Waals surface area contributed by atoms with Gasteiger partial charge in [0.05, 0.1) is 6.42 Å². The molecule has 2 saturated heterocycles. The minimum absolute atomic E-state index is 0.0510. The molecule has 0 aromatic heterocycles. The molecule has 0 aliphatic carbocycles. The summed E-state index contributed by atoms with van der Waals surface area (Å²) in [6, 6.07) is -0.165. The minimum atomic E-state index is -0.834. The monoisotopic (exact) mass is 241 g/mol. The van der Waals surface area contributed by atoms with Gasteiger partial charge in [0.25, 0.3) is 0 Å². The fourth-order valence-corrected chi connectivity index (χ4v) is 2.10. The second-order valence-electron chi connectivity index (χ2n) is 4.42. The van der Waals surface area contributed by atoms with Crippen LogP contribution in [0.2, 0.25) is 0 Å². The summed E-state index contributed by atoms with van der Waals surface area (Å²) in [5, 5.41) is 11.2. The molecule has 0 aromatic carbocycles. The van der Waals surface area contributed by atoms with E-state index in [-0.39, 0.29) is 30.8 Å². The molecular formula is C10H15N3O4. The van der Waals surface area contributed by atoms with Crippen LogP contribution in [0.15, 0.2) is 0 Å². The maximum atomic E-state index is 11.9. The Balaban J connectivity index is 1.78. The maximum Gasteiger partial charge on any atom is 0.320 e. The van der Waals surface area contributed by atoms with Crippen molar-refractivity contribution in [2.45, 2.75) is 6.42 Å². The summed E-state index contributed by atoms with van der Waals surface area (Å²) in [6.07, 6.45) is 0.101. The van der Waals surface area contributed by atoms with Gasteiger partial charge in [-0.2, -0.15) is 0 Å². The largest absolute Gasteiger partial charge is 0.481 e. The molecule has 2 aliphatic heterocycles. The van der Waals surface area contributed by atoms with Crippen LogP contribution in [-0.2, 0) is 9.59 Å². The Morgan fingerprint density at radius 1 is 1.35 bits per heavy atom. The van der Waals surface area contributed by atoms with Crippen molar-refractivity contribution in [3.05, 3.63) is 0 Å². The van der Waals surface area contributed by atoms with Gasteiger partial charge in [0, 0.05) is 32.1 Å². The first-order chi connectivity index (χ1) is 8.06. The molecule has 0 bridgehead atoms. The van der Waals surface area contributed by atoms with Crippen LogP contribution in [0.25, 0.3) is 0 Å². The fourth-order valence-electron chi connectivity index (χ4n) is 2.10. The number of carboxylic acid groups (broad SMARTS) is 1. The molecule has 2 fully saturated rings. The molecule has 0 radical (unpaired) electrons. The van der Waals surface area contributed by atoms with Crippen LogP contribution in [0.3, 0.4) is 0 Å². The van der Waals surface area contributed by atoms with Crippen LogP contribution < -0.4 is 5.32 Å². The van der Waals surface area contributed by atoms with E-state index < -0.39 is 5.97 Å². The predicted molar refractivity (Wildman–Crippen MR) is 57.3 cm³/mol. The van der Waals surface area contributed by atoms with Crippen molar-refractivity contribution in [1.29, 1.82) is 0 Å². The summed E-state index contributed by atoms with van der Waals surface area (Å²) < 4.78 is 0. The van der Waals surface area contributed by atoms with Gasteiger partial charge in [-0.1, -0.05) is 0 Å². The Bertz CT molecular complexity index is 351. The van der Waals surface area contributed by atoms with Crippen molar-refractivity contribution in [3.63, 3.8) is 0 Å². The van der Waals surface area contributed by atoms with Gasteiger partial charge in [0.2, 0.25) is 5.91 Å². The average Bonchev–Trinajstić information content (AvgIpc) is 2.21. The van der Waals surface area contributed by atoms with Gasteiger partial charge < -0.3 is 20.2 Å². The standard InChI is InChI=1S/C10H15N3O4/c14-8-6-12(2-1-11-8)10(17)13-4-7(5-13)3-9(15)16/h7H,1-6H2,(H,11,14)(H,15,16). The lowest BCUT2D eigenvalue weighted by Gasteiger charge is -2.42. The number of nitrogens with one attached hydrogen (secondary N) is 1. The summed E-state index contributed by atoms with van der Waals surface area (Å²) in [6.45, 7) is 2.05. The molecule has 94 valence electrons. The van der Waals surface area contributed by atoms with E-state index in [4.69, 9.17) is 5.11 Å². The number of urea groups is 1. The van der Waals surface area contributed by atoms with Gasteiger partial charge in [0.1, 0.15) is 6.54 Å². The number of likely N-dealkylation sites (tertiary alicyclic amines) is 1. The Morgan fingerprint density at radius 3 is 2.65 bits per heavy atom. The van der Waals surface area contributed by atoms with E-state index >= 15 is 0 Å². The number of carboxylic acids is 1. The van der Waals surface area contributed by atoms with Crippen molar-refractivity contribution < 1.29 is 19.5 Å². The molecule has 0 spiro atoms. The van der Waals surface area contributed by atoms with Crippen LogP contribution in [0.1, 0.15) is 6.42 Å². The third-order valence-electron chi connectivity index (χ3n) is 3.00. The lowest BCUT2D eigenvalue weighted by molar-refractivity contribution is -0.139. The highest BCUT2D eigenvalue weighted by atomic mass is 16.4. The average molecular weight is 241 g/mol. The molecular weight excluding hydrogens is 226 g/mol. The van der Waals surface area contributed by atoms with Crippen molar-refractivity contribution in [2.24, 2.45) is 5.92 Å². The number of aliphatic carboxylic acids is 1. The smallest absolute Gasteiger partial charge is 0.320 e. The lowest BCUT2D eigenvalue weighted by atomic mass is 9.97. The summed E-state index contributed by atoms with van der Waals surface area (Å²) in [5.74, 6) is -0.929. The number of carbonyl (C=O) groups excluding carboxylic acids is 2. The molecule has 0 saturated carbocycles. The van der Waals surface area contributed by atoms with Crippen LogP contribution in [0, 0.1) is 5.92 Å². The number of carbonyl (C=O) groups is 3. The summed E-state index contributed by atoms with van der Waals surface area (Å²) >= 11 is 0. The predicted octanol–water partition coefficient (Wildman–Crippen LogP) is -1.06. The number of piperazine rings is 1. The Hall–Kier alpha value is -1.79. The van der Waals surface area contributed by atoms with Gasteiger partial charge in [-0.25, -0.2) is 4.79 Å². The van der Waals surface area contributed by atoms with Crippen LogP contribution in [-0.4, -0.2) is 65.5 Å². The van der Waals surface area contributed by atoms with Crippen LogP contribution in [0.4, 0.5) is 4.79 Å². The van der Waals surface area contributed by atoms with Crippen LogP contribution >= 0.6 is 0 Å². The molecule has 3 amide bonds. The third-order valence-corrected chi connectivity index (χ3v) is 3.00. The molecule has 17 heavy (non-hydrogen) atoms. The highest BCUT2D eigenvalue weighted by molar-refractivity contribution is 5.85. The van der Waals surface area contributed by atoms with E-state index in [0.717, 1.165) is 0 Å². The fraction of sp³-hybridized carbons (Fsp3) is 0.700. The van der Waals surface area contributed by atoms with E-state index in [2.05, 4.69) is 5.32 Å². The first kappa shape index (κ1) is 11.7. The zero-order chi connectivity index (χ0) is 12.4. The molecule has 2 aliphatic rings. The number of nitrogens with zero attached hydrogens (tertiary/aromatic N) is 2. The summed E-state index contributed by atoms with van der Waals surface area (Å²) in [7, 11) is 0. The zero-order valence-electron chi connectivity index (χ0n) is 9.39. The first-order valence-corrected chi connectivity index (χ1v) is 5.58. The van der Waals surface area contributed by atoms with E-state index in [1.807, 2.05) is 0 Å². The third kappa shape index (κ3) is 2.66. The normalized spacial score (nSPS) is 20.8. The van der Waals surface area contributed by atoms with Gasteiger partial charge in [-0.15, -0.1) is 0 Å². The highest BCUT2D eigenvalue weighted by Gasteiger charge is 2.35. The summed E-state index contributed by atoms with van der Waals surface area (Å²) in [5.41, 5.74) is 0. The van der Waals surface area contributed by atoms with E-state index in [1.165, 1.54) is 4.90 Å². The quantitative estimate of drug-likeness (QED) is 0.645.